The molecule has 4 unspecified atom stereocenters. The first-order valence-corrected chi connectivity index (χ1v) is 15.9. The maximum Gasteiger partial charge on any atom is 0.0917 e. The van der Waals surface area contributed by atoms with Gasteiger partial charge in [0.05, 0.1) is 24.4 Å². The predicted octanol–water partition coefficient (Wildman–Crippen LogP) is 6.23. The van der Waals surface area contributed by atoms with Gasteiger partial charge in [-0.2, -0.15) is 0 Å². The molecule has 46 heavy (non-hydrogen) atoms. The van der Waals surface area contributed by atoms with Crippen molar-refractivity contribution in [3.63, 3.8) is 0 Å². The average Bonchev–Trinajstić information content (AvgIpc) is 3.10. The standard InChI is InChI=1S/C40H44N2O4/c43-37(33-16-5-1-6-17-33)27-41(28-38(44)34-18-7-2-8-19-34)25-31-14-13-15-32(24-31)26-42(29-39(45)35-20-9-3-10-21-35)30-40(46)36-22-11-4-12-23-36/h1-24,37-40,43-46H,25-30H2. The molecule has 0 radical (unpaired) electrons. The fraction of sp³-hybridized carbons (Fsp3) is 0.250. The molecule has 6 heteroatoms. The van der Waals surface area contributed by atoms with Crippen LogP contribution in [0.2, 0.25) is 0 Å². The van der Waals surface area contributed by atoms with Gasteiger partial charge in [0, 0.05) is 39.3 Å². The van der Waals surface area contributed by atoms with E-state index >= 15 is 0 Å². The number of aliphatic hydroxyl groups is 4. The summed E-state index contributed by atoms with van der Waals surface area (Å²) in [6.45, 7) is 2.49. The van der Waals surface area contributed by atoms with Crippen LogP contribution in [0.3, 0.4) is 0 Å². The maximum absolute atomic E-state index is 11.1. The average molecular weight is 617 g/mol. The molecule has 0 aliphatic heterocycles. The molecule has 5 aromatic rings. The molecule has 0 aliphatic rings. The van der Waals surface area contributed by atoms with Gasteiger partial charge < -0.3 is 20.4 Å². The molecule has 6 nitrogen and oxygen atoms in total. The summed E-state index contributed by atoms with van der Waals surface area (Å²) in [6.07, 6.45) is -2.83. The Balaban J connectivity index is 1.33. The normalized spacial score (nSPS) is 14.2. The minimum Gasteiger partial charge on any atom is -0.387 e. The fourth-order valence-electron chi connectivity index (χ4n) is 5.85. The van der Waals surface area contributed by atoms with E-state index < -0.39 is 24.4 Å². The summed E-state index contributed by atoms with van der Waals surface area (Å²) in [6, 6.07) is 46.7. The third-order valence-corrected chi connectivity index (χ3v) is 8.27. The highest BCUT2D eigenvalue weighted by Gasteiger charge is 2.21. The lowest BCUT2D eigenvalue weighted by atomic mass is 10.0. The van der Waals surface area contributed by atoms with E-state index in [9.17, 15) is 20.4 Å². The van der Waals surface area contributed by atoms with Crippen molar-refractivity contribution in [1.29, 1.82) is 0 Å². The van der Waals surface area contributed by atoms with Gasteiger partial charge in [0.2, 0.25) is 0 Å². The molecule has 5 aromatic carbocycles. The number of rotatable bonds is 16. The molecular formula is C40H44N2O4. The van der Waals surface area contributed by atoms with Crippen molar-refractivity contribution < 1.29 is 20.4 Å². The molecule has 0 aromatic heterocycles. The molecule has 0 aliphatic carbocycles. The van der Waals surface area contributed by atoms with E-state index in [0.29, 0.717) is 39.3 Å². The van der Waals surface area contributed by atoms with Crippen LogP contribution in [0.5, 0.6) is 0 Å². The molecule has 4 atom stereocenters. The lowest BCUT2D eigenvalue weighted by molar-refractivity contribution is 0.0640. The molecular weight excluding hydrogens is 572 g/mol. The first kappa shape index (κ1) is 33.2. The number of hydrogen-bond acceptors (Lipinski definition) is 6. The van der Waals surface area contributed by atoms with Crippen molar-refractivity contribution in [3.8, 4) is 0 Å². The number of aliphatic hydroxyl groups excluding tert-OH is 4. The second-order valence-corrected chi connectivity index (χ2v) is 11.9. The van der Waals surface area contributed by atoms with E-state index in [4.69, 9.17) is 0 Å². The van der Waals surface area contributed by atoms with E-state index in [1.807, 2.05) is 127 Å². The number of nitrogens with zero attached hydrogens (tertiary/aromatic N) is 2. The summed E-state index contributed by atoms with van der Waals surface area (Å²) in [5.41, 5.74) is 5.43. The molecule has 4 N–H and O–H groups in total. The maximum atomic E-state index is 11.1. The molecule has 238 valence electrons. The van der Waals surface area contributed by atoms with Crippen LogP contribution >= 0.6 is 0 Å². The van der Waals surface area contributed by atoms with E-state index in [1.54, 1.807) is 0 Å². The van der Waals surface area contributed by atoms with Crippen LogP contribution in [0, 0.1) is 0 Å². The molecule has 0 saturated heterocycles. The highest BCUT2D eigenvalue weighted by Crippen LogP contribution is 2.23. The van der Waals surface area contributed by atoms with Crippen LogP contribution < -0.4 is 0 Å². The first-order valence-electron chi connectivity index (χ1n) is 15.9. The van der Waals surface area contributed by atoms with Gasteiger partial charge in [-0.3, -0.25) is 9.80 Å². The van der Waals surface area contributed by atoms with Crippen LogP contribution in [0.25, 0.3) is 0 Å². The summed E-state index contributed by atoms with van der Waals surface area (Å²) >= 11 is 0. The van der Waals surface area contributed by atoms with Crippen molar-refractivity contribution in [3.05, 3.63) is 179 Å². The Kier molecular flexibility index (Phi) is 12.3. The molecule has 0 heterocycles. The van der Waals surface area contributed by atoms with Crippen LogP contribution in [0.15, 0.2) is 146 Å². The summed E-state index contributed by atoms with van der Waals surface area (Å²) in [7, 11) is 0. The Morgan fingerprint density at radius 2 is 0.609 bits per heavy atom. The van der Waals surface area contributed by atoms with Gasteiger partial charge in [0.25, 0.3) is 0 Å². The Morgan fingerprint density at radius 1 is 0.348 bits per heavy atom. The van der Waals surface area contributed by atoms with Crippen molar-refractivity contribution >= 4 is 0 Å². The van der Waals surface area contributed by atoms with Crippen molar-refractivity contribution in [1.82, 2.24) is 9.80 Å². The summed E-state index contributed by atoms with van der Waals surface area (Å²) < 4.78 is 0. The largest absolute Gasteiger partial charge is 0.387 e. The van der Waals surface area contributed by atoms with E-state index in [1.165, 1.54) is 0 Å². The third-order valence-electron chi connectivity index (χ3n) is 8.27. The van der Waals surface area contributed by atoms with Crippen molar-refractivity contribution in [2.75, 3.05) is 26.2 Å². The van der Waals surface area contributed by atoms with Gasteiger partial charge in [-0.15, -0.1) is 0 Å². The lowest BCUT2D eigenvalue weighted by Gasteiger charge is -2.29. The van der Waals surface area contributed by atoms with Crippen LogP contribution in [-0.2, 0) is 13.1 Å². The zero-order valence-corrected chi connectivity index (χ0v) is 26.1. The van der Waals surface area contributed by atoms with E-state index in [2.05, 4.69) is 28.0 Å². The SMILES string of the molecule is OC(CN(Cc1cccc(CN(CC(O)c2ccccc2)CC(O)c2ccccc2)c1)CC(O)c1ccccc1)c1ccccc1. The summed E-state index contributed by atoms with van der Waals surface area (Å²) in [4.78, 5) is 4.18. The van der Waals surface area contributed by atoms with Crippen LogP contribution in [0.1, 0.15) is 57.8 Å². The third kappa shape index (κ3) is 9.93. The van der Waals surface area contributed by atoms with Gasteiger partial charge in [0.15, 0.2) is 0 Å². The highest BCUT2D eigenvalue weighted by atomic mass is 16.3. The minimum absolute atomic E-state index is 0.358. The Hall–Kier alpha value is -4.14. The van der Waals surface area contributed by atoms with Gasteiger partial charge >= 0.3 is 0 Å². The molecule has 0 bridgehead atoms. The van der Waals surface area contributed by atoms with Gasteiger partial charge in [-0.05, 0) is 33.4 Å². The van der Waals surface area contributed by atoms with E-state index in [-0.39, 0.29) is 0 Å². The number of hydrogen-bond donors (Lipinski definition) is 4. The van der Waals surface area contributed by atoms with Crippen LogP contribution in [0.4, 0.5) is 0 Å². The minimum atomic E-state index is -0.707. The molecule has 0 spiro atoms. The predicted molar refractivity (Wildman–Crippen MR) is 183 cm³/mol. The zero-order valence-electron chi connectivity index (χ0n) is 26.1. The Bertz CT molecular complexity index is 1360. The Labute approximate surface area is 272 Å². The fourth-order valence-corrected chi connectivity index (χ4v) is 5.85. The second kappa shape index (κ2) is 17.0. The molecule has 0 amide bonds. The first-order chi connectivity index (χ1) is 22.4. The molecule has 5 rings (SSSR count). The quantitative estimate of drug-likeness (QED) is 0.105. The lowest BCUT2D eigenvalue weighted by Crippen LogP contribution is -2.33. The number of benzene rings is 5. The molecule has 0 saturated carbocycles. The second-order valence-electron chi connectivity index (χ2n) is 11.9. The molecule has 0 fully saturated rings. The van der Waals surface area contributed by atoms with Gasteiger partial charge in [-0.25, -0.2) is 0 Å². The van der Waals surface area contributed by atoms with Crippen LogP contribution in [-0.4, -0.2) is 56.4 Å². The Morgan fingerprint density at radius 3 is 0.870 bits per heavy atom. The van der Waals surface area contributed by atoms with E-state index in [0.717, 1.165) is 33.4 Å². The summed E-state index contributed by atoms with van der Waals surface area (Å²) in [5, 5.41) is 44.4. The smallest absolute Gasteiger partial charge is 0.0917 e. The van der Waals surface area contributed by atoms with Gasteiger partial charge in [0.1, 0.15) is 0 Å². The van der Waals surface area contributed by atoms with Gasteiger partial charge in [-0.1, -0.05) is 146 Å². The topological polar surface area (TPSA) is 87.4 Å². The monoisotopic (exact) mass is 616 g/mol. The van der Waals surface area contributed by atoms with Crippen molar-refractivity contribution in [2.45, 2.75) is 37.5 Å². The highest BCUT2D eigenvalue weighted by molar-refractivity contribution is 5.25. The van der Waals surface area contributed by atoms with Crippen molar-refractivity contribution in [2.24, 2.45) is 0 Å². The summed E-state index contributed by atoms with van der Waals surface area (Å²) in [5.74, 6) is 0. The zero-order chi connectivity index (χ0) is 32.1.